The molecule has 1 aromatic heterocycles. The van der Waals surface area contributed by atoms with Gasteiger partial charge in [-0.15, -0.1) is 0 Å². The van der Waals surface area contributed by atoms with Gasteiger partial charge >= 0.3 is 0 Å². The van der Waals surface area contributed by atoms with Crippen LogP contribution in [0.25, 0.3) is 16.7 Å². The Kier molecular flexibility index (Phi) is 5.88. The van der Waals surface area contributed by atoms with Crippen molar-refractivity contribution in [2.75, 3.05) is 12.0 Å². The first-order valence-electron chi connectivity index (χ1n) is 11.9. The Balaban J connectivity index is 1.77. The predicted molar refractivity (Wildman–Crippen MR) is 141 cm³/mol. The highest BCUT2D eigenvalue weighted by atomic mass is 16.5. The summed E-state index contributed by atoms with van der Waals surface area (Å²) in [4.78, 5) is 28.5. The highest BCUT2D eigenvalue weighted by molar-refractivity contribution is 6.51. The number of hydrogen-bond acceptors (Lipinski definition) is 4. The quantitative estimate of drug-likeness (QED) is 0.227. The van der Waals surface area contributed by atoms with Crippen LogP contribution in [0.1, 0.15) is 35.2 Å². The molecule has 1 saturated heterocycles. The van der Waals surface area contributed by atoms with Crippen LogP contribution in [0.4, 0.5) is 5.69 Å². The number of hydrogen-bond donors (Lipinski definition) is 1. The van der Waals surface area contributed by atoms with Crippen molar-refractivity contribution in [3.8, 4) is 5.75 Å². The fraction of sp³-hybridized carbons (Fsp3) is 0.200. The molecule has 0 spiro atoms. The van der Waals surface area contributed by atoms with Crippen molar-refractivity contribution in [1.29, 1.82) is 0 Å². The molecule has 6 heteroatoms. The van der Waals surface area contributed by atoms with E-state index in [0.717, 1.165) is 34.0 Å². The summed E-state index contributed by atoms with van der Waals surface area (Å²) in [5, 5.41) is 12.4. The lowest BCUT2D eigenvalue weighted by Crippen LogP contribution is -2.29. The Bertz CT molecular complexity index is 1530. The molecular formula is C30H28N2O4. The second-order valence-electron chi connectivity index (χ2n) is 9.09. The molecule has 6 nitrogen and oxygen atoms in total. The van der Waals surface area contributed by atoms with E-state index in [1.165, 1.54) is 4.90 Å². The van der Waals surface area contributed by atoms with Gasteiger partial charge in [0.2, 0.25) is 0 Å². The van der Waals surface area contributed by atoms with Crippen LogP contribution in [-0.2, 0) is 23.1 Å². The maximum Gasteiger partial charge on any atom is 0.300 e. The highest BCUT2D eigenvalue weighted by Crippen LogP contribution is 2.44. The molecule has 1 unspecified atom stereocenters. The van der Waals surface area contributed by atoms with Crippen molar-refractivity contribution in [2.45, 2.75) is 26.3 Å². The number of carbonyl (C=O) groups is 2. The number of ether oxygens (including phenoxy) is 1. The summed E-state index contributed by atoms with van der Waals surface area (Å²) in [6, 6.07) is 19.9. The topological polar surface area (TPSA) is 71.8 Å². The number of Topliss-reactive ketones (excluding diaryl/α,β-unsaturated/α-hetero) is 1. The largest absolute Gasteiger partial charge is 0.507 e. The van der Waals surface area contributed by atoms with E-state index in [4.69, 9.17) is 4.74 Å². The first kappa shape index (κ1) is 23.4. The number of benzene rings is 3. The second kappa shape index (κ2) is 9.04. The number of rotatable bonds is 5. The minimum Gasteiger partial charge on any atom is -0.507 e. The number of carbonyl (C=O) groups excluding carboxylic acids is 2. The van der Waals surface area contributed by atoms with Crippen molar-refractivity contribution >= 4 is 34.0 Å². The zero-order chi connectivity index (χ0) is 25.6. The molecule has 182 valence electrons. The molecule has 1 atom stereocenters. The first-order chi connectivity index (χ1) is 17.3. The third-order valence-corrected chi connectivity index (χ3v) is 6.96. The number of amides is 1. The number of nitrogens with zero attached hydrogens (tertiary/aromatic N) is 2. The molecule has 1 amide bonds. The van der Waals surface area contributed by atoms with Crippen LogP contribution in [0.3, 0.4) is 0 Å². The Labute approximate surface area is 210 Å². The summed E-state index contributed by atoms with van der Waals surface area (Å²) in [6.07, 6.45) is 2.80. The number of aliphatic hydroxyl groups is 1. The summed E-state index contributed by atoms with van der Waals surface area (Å²) in [5.41, 5.74) is 4.83. The zero-order valence-electron chi connectivity index (χ0n) is 20.8. The average Bonchev–Trinajstić information content (AvgIpc) is 3.36. The lowest BCUT2D eigenvalue weighted by molar-refractivity contribution is -0.132. The molecule has 5 rings (SSSR count). The van der Waals surface area contributed by atoms with E-state index in [-0.39, 0.29) is 11.3 Å². The van der Waals surface area contributed by atoms with E-state index in [9.17, 15) is 14.7 Å². The summed E-state index contributed by atoms with van der Waals surface area (Å²) in [7, 11) is 3.51. The molecule has 1 N–H and O–H groups in total. The van der Waals surface area contributed by atoms with Crippen LogP contribution >= 0.6 is 0 Å². The van der Waals surface area contributed by atoms with Gasteiger partial charge < -0.3 is 14.4 Å². The van der Waals surface area contributed by atoms with Crippen molar-refractivity contribution in [2.24, 2.45) is 7.05 Å². The Morgan fingerprint density at radius 2 is 1.75 bits per heavy atom. The van der Waals surface area contributed by atoms with Gasteiger partial charge in [-0.05, 0) is 60.9 Å². The molecule has 36 heavy (non-hydrogen) atoms. The third kappa shape index (κ3) is 3.66. The highest BCUT2D eigenvalue weighted by Gasteiger charge is 2.47. The molecule has 0 aliphatic carbocycles. The van der Waals surface area contributed by atoms with Crippen LogP contribution in [-0.4, -0.2) is 28.5 Å². The third-order valence-electron chi connectivity index (χ3n) is 6.96. The molecule has 1 aliphatic heterocycles. The lowest BCUT2D eigenvalue weighted by Gasteiger charge is -2.25. The van der Waals surface area contributed by atoms with Crippen molar-refractivity contribution in [3.05, 3.63) is 101 Å². The number of aliphatic hydroxyl groups excluding tert-OH is 1. The Hall–Kier alpha value is -4.32. The van der Waals surface area contributed by atoms with Gasteiger partial charge in [0.1, 0.15) is 11.5 Å². The van der Waals surface area contributed by atoms with Gasteiger partial charge in [0.05, 0.1) is 18.7 Å². The van der Waals surface area contributed by atoms with E-state index in [1.54, 1.807) is 25.3 Å². The maximum atomic E-state index is 13.5. The van der Waals surface area contributed by atoms with Crippen LogP contribution in [0, 0.1) is 6.92 Å². The minimum absolute atomic E-state index is 0.0699. The predicted octanol–water partition coefficient (Wildman–Crippen LogP) is 5.68. The molecule has 2 heterocycles. The molecular weight excluding hydrogens is 452 g/mol. The fourth-order valence-electron chi connectivity index (χ4n) is 5.06. The monoisotopic (exact) mass is 480 g/mol. The summed E-state index contributed by atoms with van der Waals surface area (Å²) in [5.74, 6) is -0.902. The number of aryl methyl sites for hydroxylation is 3. The van der Waals surface area contributed by atoms with Crippen molar-refractivity contribution < 1.29 is 19.4 Å². The van der Waals surface area contributed by atoms with Crippen LogP contribution in [0.2, 0.25) is 0 Å². The number of para-hydroxylation sites is 1. The van der Waals surface area contributed by atoms with Gasteiger partial charge in [0.25, 0.3) is 11.7 Å². The minimum atomic E-state index is -0.786. The second-order valence-corrected chi connectivity index (χ2v) is 9.09. The molecule has 3 aromatic carbocycles. The van der Waals surface area contributed by atoms with E-state index in [0.29, 0.717) is 17.0 Å². The summed E-state index contributed by atoms with van der Waals surface area (Å²) < 4.78 is 7.32. The molecule has 4 aromatic rings. The number of anilines is 1. The molecule has 0 radical (unpaired) electrons. The smallest absolute Gasteiger partial charge is 0.300 e. The number of methoxy groups -OCH3 is 1. The summed E-state index contributed by atoms with van der Waals surface area (Å²) in [6.45, 7) is 3.93. The van der Waals surface area contributed by atoms with Gasteiger partial charge in [0, 0.05) is 41.0 Å². The molecule has 0 bridgehead atoms. The van der Waals surface area contributed by atoms with Crippen molar-refractivity contribution in [3.63, 3.8) is 0 Å². The van der Waals surface area contributed by atoms with Crippen LogP contribution in [0.5, 0.6) is 5.75 Å². The SMILES string of the molecule is CCc1ccc(N2C(=O)C(=O)/C(=C(/O)c3ccc(OC)c(C)c3)C2c2cn(C)c3ccccc23)cc1. The van der Waals surface area contributed by atoms with Gasteiger partial charge in [-0.1, -0.05) is 37.3 Å². The van der Waals surface area contributed by atoms with E-state index in [1.807, 2.05) is 73.3 Å². The number of ketones is 1. The number of aromatic nitrogens is 1. The lowest BCUT2D eigenvalue weighted by atomic mass is 9.94. The zero-order valence-corrected chi connectivity index (χ0v) is 20.8. The fourth-order valence-corrected chi connectivity index (χ4v) is 5.06. The van der Waals surface area contributed by atoms with Gasteiger partial charge in [-0.2, -0.15) is 0 Å². The molecule has 1 aliphatic rings. The van der Waals surface area contributed by atoms with E-state index in [2.05, 4.69) is 6.92 Å². The van der Waals surface area contributed by atoms with Gasteiger partial charge in [-0.3, -0.25) is 14.5 Å². The van der Waals surface area contributed by atoms with E-state index >= 15 is 0 Å². The van der Waals surface area contributed by atoms with Crippen molar-refractivity contribution in [1.82, 2.24) is 4.57 Å². The Morgan fingerprint density at radius 1 is 1.03 bits per heavy atom. The van der Waals surface area contributed by atoms with Gasteiger partial charge in [-0.25, -0.2) is 0 Å². The molecule has 0 saturated carbocycles. The average molecular weight is 481 g/mol. The number of fused-ring (bicyclic) bond motifs is 1. The maximum absolute atomic E-state index is 13.5. The first-order valence-corrected chi connectivity index (χ1v) is 11.9. The van der Waals surface area contributed by atoms with Crippen LogP contribution < -0.4 is 9.64 Å². The van der Waals surface area contributed by atoms with Gasteiger partial charge in [0.15, 0.2) is 0 Å². The Morgan fingerprint density at radius 3 is 2.42 bits per heavy atom. The normalized spacial score (nSPS) is 17.2. The molecule has 1 fully saturated rings. The van der Waals surface area contributed by atoms with E-state index < -0.39 is 17.7 Å². The standard InChI is InChI=1S/C30H28N2O4/c1-5-19-10-13-21(14-11-19)32-27(23-17-31(3)24-9-7-6-8-22(23)24)26(29(34)30(32)35)28(33)20-12-15-25(36-4)18(2)16-20/h6-17,27,33H,5H2,1-4H3/b28-26+. The summed E-state index contributed by atoms with van der Waals surface area (Å²) >= 11 is 0. The van der Waals surface area contributed by atoms with Crippen LogP contribution in [0.15, 0.2) is 78.5 Å².